The number of amides is 1. The lowest BCUT2D eigenvalue weighted by Gasteiger charge is -2.23. The molecule has 1 atom stereocenters. The first kappa shape index (κ1) is 18.4. The minimum Gasteiger partial charge on any atom is -0.343 e. The standard InChI is InChI=1S/C22H24N2OS/c1-2-24(16-18-10-5-3-6-11-18)17-21(25)23-22(20-14-9-15-26-20)19-12-7-4-8-13-19/h3-15,22H,2,16-17H2,1H3,(H,23,25)/t22-/m0/s1. The van der Waals surface area contributed by atoms with Crippen LogP contribution in [0.5, 0.6) is 0 Å². The summed E-state index contributed by atoms with van der Waals surface area (Å²) in [6.07, 6.45) is 0. The third-order valence-corrected chi connectivity index (χ3v) is 5.27. The van der Waals surface area contributed by atoms with Gasteiger partial charge in [0.25, 0.3) is 0 Å². The maximum absolute atomic E-state index is 12.7. The lowest BCUT2D eigenvalue weighted by Crippen LogP contribution is -2.38. The number of rotatable bonds is 8. The number of carbonyl (C=O) groups is 1. The fourth-order valence-corrected chi connectivity index (χ4v) is 3.75. The van der Waals surface area contributed by atoms with Crippen LogP contribution in [0.25, 0.3) is 0 Å². The number of likely N-dealkylation sites (N-methyl/N-ethyl adjacent to an activating group) is 1. The summed E-state index contributed by atoms with van der Waals surface area (Å²) in [6.45, 7) is 4.08. The van der Waals surface area contributed by atoms with Crippen molar-refractivity contribution in [2.45, 2.75) is 19.5 Å². The number of thiophene rings is 1. The van der Waals surface area contributed by atoms with Gasteiger partial charge in [-0.25, -0.2) is 0 Å². The summed E-state index contributed by atoms with van der Waals surface area (Å²) in [4.78, 5) is 16.0. The van der Waals surface area contributed by atoms with Gasteiger partial charge >= 0.3 is 0 Å². The van der Waals surface area contributed by atoms with Gasteiger partial charge in [0.2, 0.25) is 5.91 Å². The van der Waals surface area contributed by atoms with Crippen LogP contribution in [0.4, 0.5) is 0 Å². The van der Waals surface area contributed by atoms with Crippen LogP contribution in [0.1, 0.15) is 29.0 Å². The van der Waals surface area contributed by atoms with E-state index in [0.717, 1.165) is 23.5 Å². The van der Waals surface area contributed by atoms with Gasteiger partial charge in [0.1, 0.15) is 0 Å². The Kier molecular flexibility index (Phi) is 6.58. The minimum absolute atomic E-state index is 0.0463. The maximum Gasteiger partial charge on any atom is 0.234 e. The Balaban J connectivity index is 1.67. The molecule has 0 saturated carbocycles. The Hall–Kier alpha value is -2.43. The SMILES string of the molecule is CCN(CC(=O)N[C@@H](c1ccccc1)c1cccs1)Cc1ccccc1. The molecule has 3 rings (SSSR count). The van der Waals surface area contributed by atoms with E-state index in [4.69, 9.17) is 0 Å². The molecule has 0 aliphatic heterocycles. The molecule has 0 bridgehead atoms. The molecular weight excluding hydrogens is 340 g/mol. The van der Waals surface area contributed by atoms with Crippen LogP contribution in [0.2, 0.25) is 0 Å². The first-order chi connectivity index (χ1) is 12.8. The van der Waals surface area contributed by atoms with E-state index in [-0.39, 0.29) is 11.9 Å². The van der Waals surface area contributed by atoms with E-state index >= 15 is 0 Å². The molecule has 3 aromatic rings. The van der Waals surface area contributed by atoms with Crippen molar-refractivity contribution in [2.24, 2.45) is 0 Å². The van der Waals surface area contributed by atoms with E-state index in [1.807, 2.05) is 47.8 Å². The molecule has 0 radical (unpaired) electrons. The number of nitrogens with zero attached hydrogens (tertiary/aromatic N) is 1. The molecular formula is C22H24N2OS. The average Bonchev–Trinajstić information content (AvgIpc) is 3.21. The van der Waals surface area contributed by atoms with Crippen molar-refractivity contribution in [3.63, 3.8) is 0 Å². The van der Waals surface area contributed by atoms with Gasteiger partial charge in [-0.2, -0.15) is 0 Å². The lowest BCUT2D eigenvalue weighted by molar-refractivity contribution is -0.122. The summed E-state index contributed by atoms with van der Waals surface area (Å²) in [7, 11) is 0. The van der Waals surface area contributed by atoms with Gasteiger partial charge in [0.05, 0.1) is 12.6 Å². The smallest absolute Gasteiger partial charge is 0.234 e. The van der Waals surface area contributed by atoms with Gasteiger partial charge in [-0.3, -0.25) is 9.69 Å². The summed E-state index contributed by atoms with van der Waals surface area (Å²) < 4.78 is 0. The van der Waals surface area contributed by atoms with Crippen LogP contribution >= 0.6 is 11.3 Å². The molecule has 0 spiro atoms. The zero-order valence-electron chi connectivity index (χ0n) is 15.0. The van der Waals surface area contributed by atoms with Crippen LogP contribution in [0, 0.1) is 0 Å². The van der Waals surface area contributed by atoms with Crippen molar-refractivity contribution >= 4 is 17.2 Å². The fraction of sp³-hybridized carbons (Fsp3) is 0.227. The van der Waals surface area contributed by atoms with Crippen molar-refractivity contribution in [1.29, 1.82) is 0 Å². The minimum atomic E-state index is -0.0980. The molecule has 0 saturated heterocycles. The zero-order valence-corrected chi connectivity index (χ0v) is 15.8. The van der Waals surface area contributed by atoms with Crippen LogP contribution in [0.3, 0.4) is 0 Å². The zero-order chi connectivity index (χ0) is 18.2. The van der Waals surface area contributed by atoms with Crippen LogP contribution < -0.4 is 5.32 Å². The van der Waals surface area contributed by atoms with E-state index in [2.05, 4.69) is 47.5 Å². The number of hydrogen-bond donors (Lipinski definition) is 1. The molecule has 0 unspecified atom stereocenters. The van der Waals surface area contributed by atoms with Gasteiger partial charge < -0.3 is 5.32 Å². The summed E-state index contributed by atoms with van der Waals surface area (Å²) in [6, 6.07) is 24.4. The predicted molar refractivity (Wildman–Crippen MR) is 108 cm³/mol. The predicted octanol–water partition coefficient (Wildman–Crippen LogP) is 4.48. The Labute approximate surface area is 159 Å². The first-order valence-electron chi connectivity index (χ1n) is 8.90. The molecule has 1 amide bonds. The van der Waals surface area contributed by atoms with Gasteiger partial charge in [0.15, 0.2) is 0 Å². The Morgan fingerprint density at radius 3 is 2.31 bits per heavy atom. The highest BCUT2D eigenvalue weighted by Crippen LogP contribution is 2.25. The molecule has 4 heteroatoms. The van der Waals surface area contributed by atoms with Gasteiger partial charge in [-0.05, 0) is 29.1 Å². The number of hydrogen-bond acceptors (Lipinski definition) is 3. The van der Waals surface area contributed by atoms with Crippen molar-refractivity contribution in [2.75, 3.05) is 13.1 Å². The third kappa shape index (κ3) is 5.04. The van der Waals surface area contributed by atoms with E-state index < -0.39 is 0 Å². The second kappa shape index (κ2) is 9.32. The summed E-state index contributed by atoms with van der Waals surface area (Å²) in [5.74, 6) is 0.0463. The Morgan fingerprint density at radius 1 is 1.00 bits per heavy atom. The second-order valence-electron chi connectivity index (χ2n) is 6.22. The number of carbonyl (C=O) groups excluding carboxylic acids is 1. The van der Waals surface area contributed by atoms with E-state index in [1.54, 1.807) is 11.3 Å². The summed E-state index contributed by atoms with van der Waals surface area (Å²) in [5, 5.41) is 5.26. The fourth-order valence-electron chi connectivity index (χ4n) is 2.95. The highest BCUT2D eigenvalue weighted by Gasteiger charge is 2.19. The van der Waals surface area contributed by atoms with E-state index in [1.165, 1.54) is 5.56 Å². The molecule has 1 heterocycles. The monoisotopic (exact) mass is 364 g/mol. The number of nitrogens with one attached hydrogen (secondary N) is 1. The molecule has 1 N–H and O–H groups in total. The van der Waals surface area contributed by atoms with E-state index in [0.29, 0.717) is 6.54 Å². The van der Waals surface area contributed by atoms with Crippen molar-refractivity contribution in [3.8, 4) is 0 Å². The summed E-state index contributed by atoms with van der Waals surface area (Å²) in [5.41, 5.74) is 2.33. The Bertz CT molecular complexity index is 788. The van der Waals surface area contributed by atoms with Crippen molar-refractivity contribution in [1.82, 2.24) is 10.2 Å². The van der Waals surface area contributed by atoms with E-state index in [9.17, 15) is 4.79 Å². The van der Waals surface area contributed by atoms with Crippen molar-refractivity contribution in [3.05, 3.63) is 94.2 Å². The number of benzene rings is 2. The quantitative estimate of drug-likeness (QED) is 0.639. The highest BCUT2D eigenvalue weighted by molar-refractivity contribution is 7.10. The highest BCUT2D eigenvalue weighted by atomic mass is 32.1. The molecule has 2 aromatic carbocycles. The van der Waals surface area contributed by atoms with Crippen LogP contribution in [-0.4, -0.2) is 23.9 Å². The molecule has 3 nitrogen and oxygen atoms in total. The van der Waals surface area contributed by atoms with Crippen LogP contribution in [0.15, 0.2) is 78.2 Å². The molecule has 26 heavy (non-hydrogen) atoms. The van der Waals surface area contributed by atoms with Gasteiger partial charge in [-0.15, -0.1) is 11.3 Å². The van der Waals surface area contributed by atoms with Crippen LogP contribution in [-0.2, 0) is 11.3 Å². The lowest BCUT2D eigenvalue weighted by atomic mass is 10.1. The molecule has 0 aliphatic carbocycles. The Morgan fingerprint density at radius 2 is 1.69 bits per heavy atom. The molecule has 0 aliphatic rings. The molecule has 134 valence electrons. The average molecular weight is 365 g/mol. The van der Waals surface area contributed by atoms with Gasteiger partial charge in [0, 0.05) is 11.4 Å². The first-order valence-corrected chi connectivity index (χ1v) is 9.78. The largest absolute Gasteiger partial charge is 0.343 e. The van der Waals surface area contributed by atoms with Gasteiger partial charge in [-0.1, -0.05) is 73.7 Å². The normalized spacial score (nSPS) is 12.1. The second-order valence-corrected chi connectivity index (χ2v) is 7.19. The topological polar surface area (TPSA) is 32.3 Å². The third-order valence-electron chi connectivity index (χ3n) is 4.33. The van der Waals surface area contributed by atoms with Crippen molar-refractivity contribution < 1.29 is 4.79 Å². The summed E-state index contributed by atoms with van der Waals surface area (Å²) >= 11 is 1.67. The molecule has 0 fully saturated rings. The molecule has 1 aromatic heterocycles. The maximum atomic E-state index is 12.7.